The normalized spacial score (nSPS) is 11.1. The number of aromatic nitrogens is 5. The highest BCUT2D eigenvalue weighted by molar-refractivity contribution is 7.17. The molecule has 3 aromatic rings. The molecule has 0 aliphatic carbocycles. The standard InChI is InChI=1S/C12H11N5O3S/c1-7-5-21-10-9(7)13-6-16(11(10)18)2-3-17-4-8(12(19)20)14-15-17/h4-6H,2-3H2,1H3,(H,19,20). The lowest BCUT2D eigenvalue weighted by molar-refractivity contribution is 0.0690. The Morgan fingerprint density at radius 1 is 1.43 bits per heavy atom. The molecule has 3 heterocycles. The molecule has 0 unspecified atom stereocenters. The molecule has 0 fully saturated rings. The van der Waals surface area contributed by atoms with Crippen LogP contribution in [-0.2, 0) is 13.1 Å². The van der Waals surface area contributed by atoms with Crippen molar-refractivity contribution in [2.75, 3.05) is 0 Å². The van der Waals surface area contributed by atoms with Crippen molar-refractivity contribution in [3.63, 3.8) is 0 Å². The number of carbonyl (C=O) groups is 1. The molecule has 0 bridgehead atoms. The second-order valence-corrected chi connectivity index (χ2v) is 5.39. The molecular formula is C12H11N5O3S. The second kappa shape index (κ2) is 5.09. The maximum Gasteiger partial charge on any atom is 0.358 e. The quantitative estimate of drug-likeness (QED) is 0.763. The van der Waals surface area contributed by atoms with E-state index in [9.17, 15) is 9.59 Å². The molecule has 0 aliphatic rings. The van der Waals surface area contributed by atoms with Crippen molar-refractivity contribution in [2.24, 2.45) is 0 Å². The van der Waals surface area contributed by atoms with Gasteiger partial charge in [0.25, 0.3) is 5.56 Å². The van der Waals surface area contributed by atoms with Gasteiger partial charge in [-0.3, -0.25) is 9.36 Å². The first-order chi connectivity index (χ1) is 10.1. The summed E-state index contributed by atoms with van der Waals surface area (Å²) >= 11 is 1.38. The Morgan fingerprint density at radius 3 is 2.95 bits per heavy atom. The summed E-state index contributed by atoms with van der Waals surface area (Å²) in [6.07, 6.45) is 2.83. The predicted molar refractivity (Wildman–Crippen MR) is 75.6 cm³/mol. The van der Waals surface area contributed by atoms with Gasteiger partial charge in [-0.1, -0.05) is 5.21 Å². The summed E-state index contributed by atoms with van der Waals surface area (Å²) in [6.45, 7) is 2.61. The van der Waals surface area contributed by atoms with E-state index in [0.29, 0.717) is 17.8 Å². The Kier molecular flexibility index (Phi) is 3.26. The minimum Gasteiger partial charge on any atom is -0.476 e. The van der Waals surface area contributed by atoms with Crippen LogP contribution in [0.15, 0.2) is 22.7 Å². The fraction of sp³-hybridized carbons (Fsp3) is 0.250. The van der Waals surface area contributed by atoms with Crippen LogP contribution in [0.25, 0.3) is 10.2 Å². The highest BCUT2D eigenvalue weighted by Crippen LogP contribution is 2.19. The minimum absolute atomic E-state index is 0.100. The van der Waals surface area contributed by atoms with Crippen molar-refractivity contribution in [3.05, 3.63) is 39.5 Å². The first kappa shape index (κ1) is 13.4. The monoisotopic (exact) mass is 305 g/mol. The third-order valence-corrected chi connectivity index (χ3v) is 4.13. The van der Waals surface area contributed by atoms with E-state index in [4.69, 9.17) is 5.11 Å². The van der Waals surface area contributed by atoms with Crippen molar-refractivity contribution in [2.45, 2.75) is 20.0 Å². The number of hydrogen-bond donors (Lipinski definition) is 1. The van der Waals surface area contributed by atoms with Gasteiger partial charge in [-0.2, -0.15) is 0 Å². The third kappa shape index (κ3) is 2.42. The van der Waals surface area contributed by atoms with E-state index in [0.717, 1.165) is 11.1 Å². The summed E-state index contributed by atoms with van der Waals surface area (Å²) in [7, 11) is 0. The lowest BCUT2D eigenvalue weighted by Crippen LogP contribution is -2.22. The Bertz CT molecular complexity index is 879. The molecule has 9 heteroatoms. The summed E-state index contributed by atoms with van der Waals surface area (Å²) < 4.78 is 3.50. The van der Waals surface area contributed by atoms with Gasteiger partial charge in [0.2, 0.25) is 0 Å². The lowest BCUT2D eigenvalue weighted by Gasteiger charge is -2.04. The molecule has 1 N–H and O–H groups in total. The van der Waals surface area contributed by atoms with Gasteiger partial charge in [-0.15, -0.1) is 16.4 Å². The Hall–Kier alpha value is -2.55. The van der Waals surface area contributed by atoms with Crippen molar-refractivity contribution in [1.29, 1.82) is 0 Å². The van der Waals surface area contributed by atoms with E-state index in [-0.39, 0.29) is 11.3 Å². The summed E-state index contributed by atoms with van der Waals surface area (Å²) in [5.41, 5.74) is 1.50. The van der Waals surface area contributed by atoms with Crippen LogP contribution in [0.1, 0.15) is 16.1 Å². The number of rotatable bonds is 4. The smallest absolute Gasteiger partial charge is 0.358 e. The van der Waals surface area contributed by atoms with E-state index in [2.05, 4.69) is 15.3 Å². The average Bonchev–Trinajstić information content (AvgIpc) is 3.06. The van der Waals surface area contributed by atoms with Gasteiger partial charge in [0.1, 0.15) is 4.70 Å². The largest absolute Gasteiger partial charge is 0.476 e. The molecule has 0 saturated heterocycles. The van der Waals surface area contributed by atoms with Crippen molar-refractivity contribution >= 4 is 27.5 Å². The van der Waals surface area contributed by atoms with Gasteiger partial charge >= 0.3 is 5.97 Å². The topological polar surface area (TPSA) is 103 Å². The molecule has 0 radical (unpaired) electrons. The maximum atomic E-state index is 12.3. The predicted octanol–water partition coefficient (Wildman–Crippen LogP) is 0.756. The zero-order chi connectivity index (χ0) is 15.0. The molecule has 108 valence electrons. The number of thiophene rings is 1. The molecular weight excluding hydrogens is 294 g/mol. The molecule has 0 aliphatic heterocycles. The highest BCUT2D eigenvalue weighted by Gasteiger charge is 2.10. The number of aryl methyl sites for hydroxylation is 3. The van der Waals surface area contributed by atoms with Crippen molar-refractivity contribution in [1.82, 2.24) is 24.5 Å². The van der Waals surface area contributed by atoms with Gasteiger partial charge in [-0.05, 0) is 17.9 Å². The maximum absolute atomic E-state index is 12.3. The summed E-state index contributed by atoms with van der Waals surface area (Å²) in [4.78, 5) is 27.3. The average molecular weight is 305 g/mol. The van der Waals surface area contributed by atoms with Crippen LogP contribution < -0.4 is 5.56 Å². The molecule has 3 aromatic heterocycles. The van der Waals surface area contributed by atoms with Crippen LogP contribution in [0.3, 0.4) is 0 Å². The lowest BCUT2D eigenvalue weighted by atomic mass is 10.3. The van der Waals surface area contributed by atoms with Gasteiger partial charge in [0.15, 0.2) is 5.69 Å². The SMILES string of the molecule is Cc1csc2c(=O)n(CCn3cc(C(=O)O)nn3)cnc12. The Morgan fingerprint density at radius 2 is 2.24 bits per heavy atom. The van der Waals surface area contributed by atoms with Crippen LogP contribution in [-0.4, -0.2) is 35.6 Å². The Balaban J connectivity index is 1.83. The molecule has 0 amide bonds. The highest BCUT2D eigenvalue weighted by atomic mass is 32.1. The summed E-state index contributed by atoms with van der Waals surface area (Å²) in [6, 6.07) is 0. The second-order valence-electron chi connectivity index (χ2n) is 4.51. The van der Waals surface area contributed by atoms with E-state index < -0.39 is 5.97 Å². The molecule has 0 spiro atoms. The van der Waals surface area contributed by atoms with Gasteiger partial charge in [0.05, 0.1) is 24.6 Å². The van der Waals surface area contributed by atoms with E-state index in [1.165, 1.54) is 33.1 Å². The van der Waals surface area contributed by atoms with E-state index in [1.807, 2.05) is 12.3 Å². The van der Waals surface area contributed by atoms with Crippen molar-refractivity contribution < 1.29 is 9.90 Å². The van der Waals surface area contributed by atoms with Crippen molar-refractivity contribution in [3.8, 4) is 0 Å². The molecule has 0 atom stereocenters. The van der Waals surface area contributed by atoms with E-state index in [1.54, 1.807) is 0 Å². The molecule has 0 aromatic carbocycles. The number of nitrogens with zero attached hydrogens (tertiary/aromatic N) is 5. The van der Waals surface area contributed by atoms with Gasteiger partial charge in [0, 0.05) is 6.54 Å². The first-order valence-corrected chi connectivity index (χ1v) is 7.01. The van der Waals surface area contributed by atoms with Crippen LogP contribution in [0.4, 0.5) is 0 Å². The first-order valence-electron chi connectivity index (χ1n) is 6.13. The molecule has 21 heavy (non-hydrogen) atoms. The number of aromatic carboxylic acids is 1. The zero-order valence-electron chi connectivity index (χ0n) is 11.1. The number of carboxylic acid groups (broad SMARTS) is 1. The fourth-order valence-electron chi connectivity index (χ4n) is 1.94. The van der Waals surface area contributed by atoms with Crippen LogP contribution >= 0.6 is 11.3 Å². The fourth-order valence-corrected chi connectivity index (χ4v) is 2.89. The number of hydrogen-bond acceptors (Lipinski definition) is 6. The van der Waals surface area contributed by atoms with Crippen LogP contribution in [0.2, 0.25) is 0 Å². The molecule has 8 nitrogen and oxygen atoms in total. The molecule has 0 saturated carbocycles. The van der Waals surface area contributed by atoms with Gasteiger partial charge < -0.3 is 5.11 Å². The summed E-state index contributed by atoms with van der Waals surface area (Å²) in [5, 5.41) is 17.9. The molecule has 3 rings (SSSR count). The summed E-state index contributed by atoms with van der Waals surface area (Å²) in [5.74, 6) is -1.13. The third-order valence-electron chi connectivity index (χ3n) is 3.05. The van der Waals surface area contributed by atoms with Crippen LogP contribution in [0.5, 0.6) is 0 Å². The Labute approximate surface area is 122 Å². The van der Waals surface area contributed by atoms with Crippen LogP contribution in [0, 0.1) is 6.92 Å². The number of carboxylic acids is 1. The zero-order valence-corrected chi connectivity index (χ0v) is 11.9. The van der Waals surface area contributed by atoms with Gasteiger partial charge in [-0.25, -0.2) is 14.5 Å². The minimum atomic E-state index is -1.13. The number of fused-ring (bicyclic) bond motifs is 1. The van der Waals surface area contributed by atoms with E-state index >= 15 is 0 Å².